The second-order valence-corrected chi connectivity index (χ2v) is 7.85. The highest BCUT2D eigenvalue weighted by molar-refractivity contribution is 6.07. The number of ether oxygens (including phenoxy) is 2. The highest BCUT2D eigenvalue weighted by Gasteiger charge is 2.36. The molecule has 0 spiro atoms. The lowest BCUT2D eigenvalue weighted by Crippen LogP contribution is -2.46. The molecule has 1 aliphatic heterocycles. The molecule has 5 nitrogen and oxygen atoms in total. The molecule has 0 bridgehead atoms. The summed E-state index contributed by atoms with van der Waals surface area (Å²) in [6, 6.07) is 24.1. The number of nitrogens with zero attached hydrogens (tertiary/aromatic N) is 2. The monoisotopic (exact) mass is 416 g/mol. The average Bonchev–Trinajstić information content (AvgIpc) is 2.82. The van der Waals surface area contributed by atoms with Crippen molar-refractivity contribution in [3.05, 3.63) is 83.9 Å². The quantitative estimate of drug-likeness (QED) is 0.564. The van der Waals surface area contributed by atoms with E-state index in [1.54, 1.807) is 32.4 Å². The predicted molar refractivity (Wildman–Crippen MR) is 124 cm³/mol. The van der Waals surface area contributed by atoms with E-state index in [4.69, 9.17) is 9.47 Å². The Balaban J connectivity index is 1.72. The Hall–Kier alpha value is -3.47. The molecule has 0 radical (unpaired) electrons. The van der Waals surface area contributed by atoms with Crippen LogP contribution in [0.25, 0.3) is 0 Å². The van der Waals surface area contributed by atoms with Crippen LogP contribution in [0.5, 0.6) is 11.5 Å². The van der Waals surface area contributed by atoms with Gasteiger partial charge in [0.2, 0.25) is 0 Å². The van der Waals surface area contributed by atoms with E-state index in [0.29, 0.717) is 17.1 Å². The number of fused-ring (bicyclic) bond motifs is 1. The van der Waals surface area contributed by atoms with Crippen molar-refractivity contribution in [3.63, 3.8) is 0 Å². The molecule has 5 heteroatoms. The molecule has 31 heavy (non-hydrogen) atoms. The Labute approximate surface area is 183 Å². The number of benzene rings is 3. The minimum Gasteiger partial charge on any atom is -0.493 e. The van der Waals surface area contributed by atoms with Gasteiger partial charge in [0.25, 0.3) is 5.91 Å². The van der Waals surface area contributed by atoms with E-state index >= 15 is 0 Å². The van der Waals surface area contributed by atoms with Gasteiger partial charge in [0.05, 0.1) is 20.3 Å². The molecule has 0 aliphatic carbocycles. The van der Waals surface area contributed by atoms with Crippen LogP contribution < -0.4 is 19.3 Å². The smallest absolute Gasteiger partial charge is 0.258 e. The largest absolute Gasteiger partial charge is 0.493 e. The number of hydrogen-bond acceptors (Lipinski definition) is 4. The summed E-state index contributed by atoms with van der Waals surface area (Å²) >= 11 is 0. The zero-order valence-electron chi connectivity index (χ0n) is 18.4. The minimum atomic E-state index is -0.0401. The van der Waals surface area contributed by atoms with Gasteiger partial charge in [0.1, 0.15) is 0 Å². The second kappa shape index (κ2) is 8.72. The molecule has 1 heterocycles. The number of carbonyl (C=O) groups is 1. The number of amides is 1. The maximum absolute atomic E-state index is 13.6. The lowest BCUT2D eigenvalue weighted by atomic mass is 9.89. The lowest BCUT2D eigenvalue weighted by Gasteiger charge is -2.43. The van der Waals surface area contributed by atoms with Crippen LogP contribution in [0.1, 0.15) is 35.3 Å². The standard InChI is InChI=1S/C26H28N2O3/c1-18-16-23(27(2)20-10-6-5-7-11-20)21-12-8-9-13-22(21)28(18)26(29)19-14-15-24(30-3)25(17-19)31-4/h5-15,17-18,23H,16H2,1-4H3. The zero-order valence-corrected chi connectivity index (χ0v) is 18.4. The SMILES string of the molecule is COc1ccc(C(=O)N2c3ccccc3C(N(C)c3ccccc3)CC2C)cc1OC. The maximum atomic E-state index is 13.6. The van der Waals surface area contributed by atoms with Gasteiger partial charge in [-0.05, 0) is 55.3 Å². The molecule has 0 saturated heterocycles. The van der Waals surface area contributed by atoms with Gasteiger partial charge in [-0.3, -0.25) is 4.79 Å². The van der Waals surface area contributed by atoms with E-state index in [-0.39, 0.29) is 18.0 Å². The topological polar surface area (TPSA) is 42.0 Å². The zero-order chi connectivity index (χ0) is 22.0. The molecule has 1 amide bonds. The first-order valence-electron chi connectivity index (χ1n) is 10.5. The summed E-state index contributed by atoms with van der Waals surface area (Å²) in [6.07, 6.45) is 0.835. The van der Waals surface area contributed by atoms with E-state index in [2.05, 4.69) is 49.2 Å². The normalized spacial score (nSPS) is 17.6. The number of anilines is 2. The molecule has 160 valence electrons. The third-order valence-corrected chi connectivity index (χ3v) is 6.04. The number of rotatable bonds is 5. The van der Waals surface area contributed by atoms with E-state index in [0.717, 1.165) is 23.4 Å². The van der Waals surface area contributed by atoms with Gasteiger partial charge < -0.3 is 19.3 Å². The van der Waals surface area contributed by atoms with Crippen molar-refractivity contribution in [3.8, 4) is 11.5 Å². The van der Waals surface area contributed by atoms with Crippen LogP contribution in [-0.4, -0.2) is 33.2 Å². The molecule has 4 rings (SSSR count). The van der Waals surface area contributed by atoms with Crippen LogP contribution in [-0.2, 0) is 0 Å². The van der Waals surface area contributed by atoms with Crippen molar-refractivity contribution in [2.45, 2.75) is 25.4 Å². The Morgan fingerprint density at radius 1 is 0.935 bits per heavy atom. The van der Waals surface area contributed by atoms with Crippen molar-refractivity contribution in [1.82, 2.24) is 0 Å². The van der Waals surface area contributed by atoms with Crippen LogP contribution in [0, 0.1) is 0 Å². The van der Waals surface area contributed by atoms with Crippen molar-refractivity contribution >= 4 is 17.3 Å². The summed E-state index contributed by atoms with van der Waals surface area (Å²) in [5.74, 6) is 1.12. The van der Waals surface area contributed by atoms with Gasteiger partial charge in [0, 0.05) is 30.0 Å². The third-order valence-electron chi connectivity index (χ3n) is 6.04. The summed E-state index contributed by atoms with van der Waals surface area (Å²) < 4.78 is 10.7. The number of hydrogen-bond donors (Lipinski definition) is 0. The van der Waals surface area contributed by atoms with E-state index in [9.17, 15) is 4.79 Å². The summed E-state index contributed by atoms with van der Waals surface area (Å²) in [7, 11) is 5.29. The maximum Gasteiger partial charge on any atom is 0.258 e. The Morgan fingerprint density at radius 2 is 1.61 bits per heavy atom. The third kappa shape index (κ3) is 3.83. The highest BCUT2D eigenvalue weighted by Crippen LogP contribution is 2.42. The summed E-state index contributed by atoms with van der Waals surface area (Å²) in [4.78, 5) is 17.8. The van der Waals surface area contributed by atoms with Gasteiger partial charge in [-0.15, -0.1) is 0 Å². The van der Waals surface area contributed by atoms with Crippen LogP contribution in [0.15, 0.2) is 72.8 Å². The summed E-state index contributed by atoms with van der Waals surface area (Å²) in [5, 5.41) is 0. The molecule has 0 fully saturated rings. The molecule has 3 aromatic carbocycles. The van der Waals surface area contributed by atoms with Gasteiger partial charge >= 0.3 is 0 Å². The van der Waals surface area contributed by atoms with Crippen LogP contribution >= 0.6 is 0 Å². The molecule has 3 aromatic rings. The van der Waals surface area contributed by atoms with Crippen molar-refractivity contribution < 1.29 is 14.3 Å². The van der Waals surface area contributed by atoms with Crippen molar-refractivity contribution in [2.75, 3.05) is 31.1 Å². The van der Waals surface area contributed by atoms with E-state index in [1.165, 1.54) is 0 Å². The van der Waals surface area contributed by atoms with Gasteiger partial charge in [-0.1, -0.05) is 36.4 Å². The summed E-state index contributed by atoms with van der Waals surface area (Å²) in [5.41, 5.74) is 3.85. The van der Waals surface area contributed by atoms with Gasteiger partial charge in [-0.25, -0.2) is 0 Å². The fourth-order valence-corrected chi connectivity index (χ4v) is 4.41. The first-order valence-corrected chi connectivity index (χ1v) is 10.5. The first-order chi connectivity index (χ1) is 15.0. The molecule has 0 saturated carbocycles. The molecular formula is C26H28N2O3. The van der Waals surface area contributed by atoms with Gasteiger partial charge in [-0.2, -0.15) is 0 Å². The fraction of sp³-hybridized carbons (Fsp3) is 0.269. The van der Waals surface area contributed by atoms with Crippen LogP contribution in [0.2, 0.25) is 0 Å². The van der Waals surface area contributed by atoms with E-state index in [1.807, 2.05) is 29.2 Å². The molecular weight excluding hydrogens is 388 g/mol. The molecule has 2 atom stereocenters. The number of carbonyl (C=O) groups excluding carboxylic acids is 1. The predicted octanol–water partition coefficient (Wildman–Crippen LogP) is 5.32. The minimum absolute atomic E-state index is 0.0339. The molecule has 1 aliphatic rings. The second-order valence-electron chi connectivity index (χ2n) is 7.85. The van der Waals surface area contributed by atoms with Crippen molar-refractivity contribution in [1.29, 1.82) is 0 Å². The van der Waals surface area contributed by atoms with Crippen molar-refractivity contribution in [2.24, 2.45) is 0 Å². The summed E-state index contributed by atoms with van der Waals surface area (Å²) in [6.45, 7) is 2.11. The highest BCUT2D eigenvalue weighted by atomic mass is 16.5. The lowest BCUT2D eigenvalue weighted by molar-refractivity contribution is 0.0973. The Kier molecular flexibility index (Phi) is 5.85. The number of para-hydroxylation sites is 2. The van der Waals surface area contributed by atoms with Gasteiger partial charge in [0.15, 0.2) is 11.5 Å². The number of methoxy groups -OCH3 is 2. The Morgan fingerprint density at radius 3 is 2.32 bits per heavy atom. The van der Waals surface area contributed by atoms with E-state index < -0.39 is 0 Å². The Bertz CT molecular complexity index is 1070. The molecule has 0 N–H and O–H groups in total. The van der Waals surface area contributed by atoms with Crippen LogP contribution in [0.3, 0.4) is 0 Å². The molecule has 0 aromatic heterocycles. The average molecular weight is 417 g/mol. The fourth-order valence-electron chi connectivity index (χ4n) is 4.41. The van der Waals surface area contributed by atoms with Crippen LogP contribution in [0.4, 0.5) is 11.4 Å². The molecule has 2 unspecified atom stereocenters. The first kappa shape index (κ1) is 20.8.